The summed E-state index contributed by atoms with van der Waals surface area (Å²) in [5.41, 5.74) is 0.896. The van der Waals surface area contributed by atoms with E-state index in [1.54, 1.807) is 12.1 Å². The molecule has 0 aliphatic carbocycles. The van der Waals surface area contributed by atoms with Gasteiger partial charge in [0.05, 0.1) is 10.2 Å². The predicted molar refractivity (Wildman–Crippen MR) is 77.4 cm³/mol. The fourth-order valence-electron chi connectivity index (χ4n) is 1.90. The summed E-state index contributed by atoms with van der Waals surface area (Å²) < 4.78 is 11.5. The van der Waals surface area contributed by atoms with Crippen molar-refractivity contribution in [2.24, 2.45) is 0 Å². The lowest BCUT2D eigenvalue weighted by Gasteiger charge is -2.05. The number of carbonyl (C=O) groups is 1. The van der Waals surface area contributed by atoms with Crippen LogP contribution in [0.4, 0.5) is 0 Å². The van der Waals surface area contributed by atoms with E-state index in [4.69, 9.17) is 14.4 Å². The van der Waals surface area contributed by atoms with Crippen LogP contribution in [0.25, 0.3) is 21.0 Å². The first-order valence-corrected chi connectivity index (χ1v) is 7.01. The van der Waals surface area contributed by atoms with Gasteiger partial charge in [-0.1, -0.05) is 12.1 Å². The van der Waals surface area contributed by atoms with Crippen molar-refractivity contribution in [2.75, 3.05) is 0 Å². The van der Waals surface area contributed by atoms with E-state index in [-0.39, 0.29) is 0 Å². The Bertz CT molecular complexity index is 811. The Morgan fingerprint density at radius 3 is 2.90 bits per heavy atom. The minimum atomic E-state index is -1.04. The maximum atomic E-state index is 11.0. The van der Waals surface area contributed by atoms with Gasteiger partial charge in [-0.3, -0.25) is 4.79 Å². The molecule has 1 atom stereocenters. The molecular weight excluding hydrogens is 288 g/mol. The molecule has 2 aromatic heterocycles. The van der Waals surface area contributed by atoms with Crippen LogP contribution in [0.15, 0.2) is 40.8 Å². The number of hydrogen-bond acceptors (Lipinski definition) is 6. The normalized spacial score (nSPS) is 12.0. The molecule has 0 aliphatic rings. The van der Waals surface area contributed by atoms with Gasteiger partial charge in [-0.2, -0.15) is 5.26 Å². The topological polar surface area (TPSA) is 76.1 Å². The Labute approximate surface area is 124 Å². The number of rotatable bonds is 3. The van der Waals surface area contributed by atoms with Crippen LogP contribution in [0.3, 0.4) is 0 Å². The van der Waals surface area contributed by atoms with E-state index >= 15 is 0 Å². The zero-order valence-corrected chi connectivity index (χ0v) is 11.9. The van der Waals surface area contributed by atoms with Crippen LogP contribution in [-0.4, -0.2) is 11.0 Å². The maximum absolute atomic E-state index is 11.0. The maximum Gasteiger partial charge on any atom is 0.304 e. The highest BCUT2D eigenvalue weighted by Crippen LogP contribution is 2.32. The van der Waals surface area contributed by atoms with Crippen molar-refractivity contribution in [3.05, 3.63) is 42.2 Å². The van der Waals surface area contributed by atoms with Crippen LogP contribution in [0.5, 0.6) is 0 Å². The predicted octanol–water partition coefficient (Wildman–Crippen LogP) is 3.68. The molecule has 0 saturated carbocycles. The number of ether oxygens (including phenoxy) is 1. The summed E-state index contributed by atoms with van der Waals surface area (Å²) in [6.45, 7) is 1.25. The lowest BCUT2D eigenvalue weighted by Crippen LogP contribution is -2.05. The molecule has 1 aromatic carbocycles. The summed E-state index contributed by atoms with van der Waals surface area (Å²) in [7, 11) is 0. The van der Waals surface area contributed by atoms with Crippen LogP contribution in [0.1, 0.15) is 18.8 Å². The van der Waals surface area contributed by atoms with Gasteiger partial charge >= 0.3 is 5.97 Å². The van der Waals surface area contributed by atoms with E-state index in [0.29, 0.717) is 11.5 Å². The smallest absolute Gasteiger partial charge is 0.304 e. The van der Waals surface area contributed by atoms with Gasteiger partial charge in [-0.05, 0) is 24.3 Å². The minimum Gasteiger partial charge on any atom is -0.453 e. The fourth-order valence-corrected chi connectivity index (χ4v) is 2.83. The number of hydrogen-bond donors (Lipinski definition) is 0. The van der Waals surface area contributed by atoms with E-state index in [9.17, 15) is 4.79 Å². The molecule has 104 valence electrons. The Kier molecular flexibility index (Phi) is 3.42. The average Bonchev–Trinajstić information content (AvgIpc) is 3.10. The van der Waals surface area contributed by atoms with Crippen molar-refractivity contribution in [1.29, 1.82) is 5.26 Å². The Hall–Kier alpha value is -2.65. The highest BCUT2D eigenvalue weighted by molar-refractivity contribution is 7.21. The second-order valence-corrected chi connectivity index (χ2v) is 5.34. The number of nitrogens with zero attached hydrogens (tertiary/aromatic N) is 2. The monoisotopic (exact) mass is 298 g/mol. The molecule has 0 aliphatic heterocycles. The zero-order valence-electron chi connectivity index (χ0n) is 11.1. The fraction of sp³-hybridized carbons (Fsp3) is 0.133. The van der Waals surface area contributed by atoms with E-state index in [0.717, 1.165) is 15.2 Å². The van der Waals surface area contributed by atoms with Crippen molar-refractivity contribution in [3.63, 3.8) is 0 Å². The Morgan fingerprint density at radius 2 is 2.19 bits per heavy atom. The molecule has 3 rings (SSSR count). The Balaban J connectivity index is 1.94. The van der Waals surface area contributed by atoms with Crippen LogP contribution in [0.2, 0.25) is 0 Å². The van der Waals surface area contributed by atoms with Crippen LogP contribution < -0.4 is 0 Å². The summed E-state index contributed by atoms with van der Waals surface area (Å²) in [5, 5.41) is 9.75. The second-order valence-electron chi connectivity index (χ2n) is 4.31. The minimum absolute atomic E-state index is 0.293. The number of nitriles is 1. The molecule has 0 bridgehead atoms. The molecule has 0 saturated heterocycles. The number of para-hydroxylation sites is 1. The Morgan fingerprint density at radius 1 is 1.38 bits per heavy atom. The SMILES string of the molecule is CC(=O)OC(C#N)c1ccc(-c2nc3ccccc3s2)o1. The van der Waals surface area contributed by atoms with Gasteiger partial charge in [0.25, 0.3) is 0 Å². The third-order valence-electron chi connectivity index (χ3n) is 2.79. The van der Waals surface area contributed by atoms with Crippen LogP contribution in [0, 0.1) is 11.3 Å². The number of fused-ring (bicyclic) bond motifs is 1. The molecule has 6 heteroatoms. The molecular formula is C15H10N2O3S. The summed E-state index contributed by atoms with van der Waals surface area (Å²) in [6, 6.07) is 13.0. The largest absolute Gasteiger partial charge is 0.453 e. The van der Waals surface area contributed by atoms with Crippen molar-refractivity contribution in [3.8, 4) is 16.8 Å². The van der Waals surface area contributed by atoms with Gasteiger partial charge in [0.15, 0.2) is 16.5 Å². The molecule has 3 aromatic rings. The first kappa shape index (κ1) is 13.3. The number of carbonyl (C=O) groups excluding carboxylic acids is 1. The summed E-state index contributed by atoms with van der Waals surface area (Å²) in [6.07, 6.45) is -1.04. The summed E-state index contributed by atoms with van der Waals surface area (Å²) in [5.74, 6) is 0.319. The highest BCUT2D eigenvalue weighted by Gasteiger charge is 2.19. The van der Waals surface area contributed by atoms with Gasteiger partial charge in [0, 0.05) is 6.92 Å². The van der Waals surface area contributed by atoms with Gasteiger partial charge < -0.3 is 9.15 Å². The van der Waals surface area contributed by atoms with Gasteiger partial charge in [0.2, 0.25) is 6.10 Å². The van der Waals surface area contributed by atoms with Crippen LogP contribution >= 0.6 is 11.3 Å². The molecule has 0 amide bonds. The number of benzene rings is 1. The number of thiazole rings is 1. The van der Waals surface area contributed by atoms with Gasteiger partial charge in [0.1, 0.15) is 6.07 Å². The molecule has 0 fully saturated rings. The molecule has 2 heterocycles. The van der Waals surface area contributed by atoms with E-state index in [2.05, 4.69) is 4.98 Å². The average molecular weight is 298 g/mol. The number of furan rings is 1. The van der Waals surface area contributed by atoms with Crippen molar-refractivity contribution in [1.82, 2.24) is 4.98 Å². The molecule has 5 nitrogen and oxygen atoms in total. The highest BCUT2D eigenvalue weighted by atomic mass is 32.1. The zero-order chi connectivity index (χ0) is 14.8. The number of aromatic nitrogens is 1. The number of esters is 1. The lowest BCUT2D eigenvalue weighted by atomic mass is 10.3. The van der Waals surface area contributed by atoms with E-state index in [1.807, 2.05) is 30.3 Å². The van der Waals surface area contributed by atoms with E-state index < -0.39 is 12.1 Å². The summed E-state index contributed by atoms with van der Waals surface area (Å²) >= 11 is 1.50. The van der Waals surface area contributed by atoms with Gasteiger partial charge in [-0.25, -0.2) is 4.98 Å². The molecule has 0 radical (unpaired) electrons. The van der Waals surface area contributed by atoms with Crippen LogP contribution in [-0.2, 0) is 9.53 Å². The van der Waals surface area contributed by atoms with Gasteiger partial charge in [-0.15, -0.1) is 11.3 Å². The molecule has 21 heavy (non-hydrogen) atoms. The lowest BCUT2D eigenvalue weighted by molar-refractivity contribution is -0.144. The first-order chi connectivity index (χ1) is 10.2. The molecule has 0 spiro atoms. The molecule has 0 N–H and O–H groups in total. The van der Waals surface area contributed by atoms with Crippen molar-refractivity contribution in [2.45, 2.75) is 13.0 Å². The van der Waals surface area contributed by atoms with Crippen molar-refractivity contribution >= 4 is 27.5 Å². The second kappa shape index (κ2) is 5.38. The third kappa shape index (κ3) is 2.64. The van der Waals surface area contributed by atoms with E-state index in [1.165, 1.54) is 18.3 Å². The standard InChI is InChI=1S/C15H10N2O3S/c1-9(18)19-13(8-16)11-6-7-12(20-11)15-17-10-4-2-3-5-14(10)21-15/h2-7,13H,1H3. The molecule has 1 unspecified atom stereocenters. The third-order valence-corrected chi connectivity index (χ3v) is 3.84. The van der Waals surface area contributed by atoms with Crippen molar-refractivity contribution < 1.29 is 13.9 Å². The first-order valence-electron chi connectivity index (χ1n) is 6.20. The quantitative estimate of drug-likeness (QED) is 0.689. The summed E-state index contributed by atoms with van der Waals surface area (Å²) in [4.78, 5) is 15.4.